The number of aliphatic hydroxyl groups is 1. The number of rotatable bonds is 8. The lowest BCUT2D eigenvalue weighted by Gasteiger charge is -2.32. The van der Waals surface area contributed by atoms with Crippen LogP contribution in [-0.4, -0.2) is 67.2 Å². The van der Waals surface area contributed by atoms with Gasteiger partial charge in [0.1, 0.15) is 11.4 Å². The number of likely N-dealkylation sites (N-methyl/N-ethyl adjacent to an activating group) is 1. The Morgan fingerprint density at radius 2 is 1.80 bits per heavy atom. The molecule has 0 aliphatic carbocycles. The zero-order chi connectivity index (χ0) is 21.4. The van der Waals surface area contributed by atoms with Crippen molar-refractivity contribution in [3.05, 3.63) is 59.5 Å². The molecule has 3 N–H and O–H groups in total. The van der Waals surface area contributed by atoms with Crippen LogP contribution in [0.4, 0.5) is 0 Å². The second-order valence-corrected chi connectivity index (χ2v) is 8.20. The number of aliphatic imine (C=N–C) groups is 1. The Morgan fingerprint density at radius 1 is 1.10 bits per heavy atom. The number of hydrogen-bond donors (Lipinski definition) is 3. The van der Waals surface area contributed by atoms with Crippen LogP contribution in [0.25, 0.3) is 0 Å². The molecule has 0 bridgehead atoms. The molecular formula is C23H35N5O2. The van der Waals surface area contributed by atoms with Crippen LogP contribution in [0.5, 0.6) is 0 Å². The summed E-state index contributed by atoms with van der Waals surface area (Å²) in [5.41, 5.74) is 1.39. The Kier molecular flexibility index (Phi) is 7.90. The zero-order valence-electron chi connectivity index (χ0n) is 18.4. The Hall–Kier alpha value is -2.35. The average molecular weight is 414 g/mol. The molecule has 7 nitrogen and oxygen atoms in total. The normalized spacial score (nSPS) is 18.2. The van der Waals surface area contributed by atoms with Gasteiger partial charge in [0, 0.05) is 39.3 Å². The molecule has 0 spiro atoms. The summed E-state index contributed by atoms with van der Waals surface area (Å²) in [6.45, 7) is 10.9. The van der Waals surface area contributed by atoms with E-state index in [1.165, 1.54) is 5.56 Å². The highest BCUT2D eigenvalue weighted by atomic mass is 16.4. The molecule has 1 aliphatic rings. The van der Waals surface area contributed by atoms with Gasteiger partial charge >= 0.3 is 0 Å². The maximum Gasteiger partial charge on any atom is 0.191 e. The number of guanidine groups is 1. The van der Waals surface area contributed by atoms with Gasteiger partial charge in [0.05, 0.1) is 19.4 Å². The van der Waals surface area contributed by atoms with Crippen LogP contribution >= 0.6 is 0 Å². The molecule has 1 atom stereocenters. The summed E-state index contributed by atoms with van der Waals surface area (Å²) in [5.74, 6) is 1.20. The van der Waals surface area contributed by atoms with E-state index >= 15 is 0 Å². The van der Waals surface area contributed by atoms with Crippen molar-refractivity contribution in [1.82, 2.24) is 20.4 Å². The highest BCUT2D eigenvalue weighted by Gasteiger charge is 2.26. The lowest BCUT2D eigenvalue weighted by Crippen LogP contribution is -2.44. The van der Waals surface area contributed by atoms with Gasteiger partial charge in [-0.2, -0.15) is 0 Å². The lowest BCUT2D eigenvalue weighted by atomic mass is 10.0. The third kappa shape index (κ3) is 6.58. The first kappa shape index (κ1) is 22.3. The minimum Gasteiger partial charge on any atom is -0.466 e. The molecule has 1 aliphatic heterocycles. The van der Waals surface area contributed by atoms with E-state index in [9.17, 15) is 5.11 Å². The second-order valence-electron chi connectivity index (χ2n) is 8.20. The summed E-state index contributed by atoms with van der Waals surface area (Å²) >= 11 is 0. The molecular weight excluding hydrogens is 378 g/mol. The van der Waals surface area contributed by atoms with Gasteiger partial charge in [-0.3, -0.25) is 4.90 Å². The van der Waals surface area contributed by atoms with E-state index in [0.717, 1.165) is 44.8 Å². The van der Waals surface area contributed by atoms with Gasteiger partial charge in [-0.25, -0.2) is 4.99 Å². The number of benzene rings is 1. The largest absolute Gasteiger partial charge is 0.466 e. The molecule has 1 fully saturated rings. The molecule has 0 amide bonds. The first-order valence-electron chi connectivity index (χ1n) is 10.7. The molecule has 0 saturated carbocycles. The zero-order valence-corrected chi connectivity index (χ0v) is 18.4. The molecule has 1 unspecified atom stereocenters. The topological polar surface area (TPSA) is 76.3 Å². The van der Waals surface area contributed by atoms with Crippen LogP contribution in [0, 0.1) is 0 Å². The van der Waals surface area contributed by atoms with Crippen LogP contribution in [0.15, 0.2) is 52.1 Å². The van der Waals surface area contributed by atoms with Crippen LogP contribution in [0.2, 0.25) is 0 Å². The van der Waals surface area contributed by atoms with E-state index in [0.29, 0.717) is 24.8 Å². The summed E-state index contributed by atoms with van der Waals surface area (Å²) in [7, 11) is 2.18. The third-order valence-corrected chi connectivity index (χ3v) is 5.44. The Morgan fingerprint density at radius 3 is 2.43 bits per heavy atom. The van der Waals surface area contributed by atoms with Crippen LogP contribution in [0.1, 0.15) is 30.7 Å². The minimum atomic E-state index is -1.11. The maximum absolute atomic E-state index is 10.6. The SMILES string of the molecule is CCNC(=NCc1ccc(CN2CCN(C)CC2)cc1)NCC(C)(O)c1ccco1. The standard InChI is InChI=1S/C23H35N5O2/c1-4-24-22(26-18-23(2,29)21-6-5-15-30-21)25-16-19-7-9-20(10-8-19)17-28-13-11-27(3)12-14-28/h5-10,15,29H,4,11-14,16-18H2,1-3H3,(H2,24,25,26). The summed E-state index contributed by atoms with van der Waals surface area (Å²) in [5, 5.41) is 17.0. The Bertz CT molecular complexity index is 778. The molecule has 2 aromatic rings. The average Bonchev–Trinajstić information content (AvgIpc) is 3.29. The molecule has 3 rings (SSSR count). The van der Waals surface area contributed by atoms with Crippen molar-refractivity contribution < 1.29 is 9.52 Å². The van der Waals surface area contributed by atoms with Crippen molar-refractivity contribution in [3.8, 4) is 0 Å². The Labute approximate surface area is 179 Å². The molecule has 1 aromatic heterocycles. The van der Waals surface area contributed by atoms with Crippen LogP contribution in [0.3, 0.4) is 0 Å². The molecule has 1 saturated heterocycles. The minimum absolute atomic E-state index is 0.302. The maximum atomic E-state index is 10.6. The third-order valence-electron chi connectivity index (χ3n) is 5.44. The summed E-state index contributed by atoms with van der Waals surface area (Å²) in [6.07, 6.45) is 1.57. The molecule has 30 heavy (non-hydrogen) atoms. The fraction of sp³-hybridized carbons (Fsp3) is 0.522. The van der Waals surface area contributed by atoms with Gasteiger partial charge in [0.2, 0.25) is 0 Å². The number of hydrogen-bond acceptors (Lipinski definition) is 5. The molecule has 0 radical (unpaired) electrons. The van der Waals surface area contributed by atoms with Crippen LogP contribution < -0.4 is 10.6 Å². The number of furan rings is 1. The van der Waals surface area contributed by atoms with Gasteiger partial charge in [0.15, 0.2) is 5.96 Å². The summed E-state index contributed by atoms with van der Waals surface area (Å²) in [4.78, 5) is 9.54. The predicted molar refractivity (Wildman–Crippen MR) is 120 cm³/mol. The molecule has 164 valence electrons. The van der Waals surface area contributed by atoms with Gasteiger partial charge < -0.3 is 25.1 Å². The summed E-state index contributed by atoms with van der Waals surface area (Å²) in [6, 6.07) is 12.2. The van der Waals surface area contributed by atoms with Crippen molar-refractivity contribution in [2.24, 2.45) is 4.99 Å². The van der Waals surface area contributed by atoms with E-state index < -0.39 is 5.60 Å². The smallest absolute Gasteiger partial charge is 0.191 e. The monoisotopic (exact) mass is 413 g/mol. The summed E-state index contributed by atoms with van der Waals surface area (Å²) < 4.78 is 5.33. The number of nitrogens with zero attached hydrogens (tertiary/aromatic N) is 3. The van der Waals surface area contributed by atoms with Gasteiger partial charge in [-0.1, -0.05) is 24.3 Å². The van der Waals surface area contributed by atoms with E-state index in [2.05, 4.69) is 56.7 Å². The molecule has 2 heterocycles. The molecule has 7 heteroatoms. The van der Waals surface area contributed by atoms with Gasteiger partial charge in [-0.15, -0.1) is 0 Å². The van der Waals surface area contributed by atoms with Crippen molar-refractivity contribution in [2.45, 2.75) is 32.5 Å². The highest BCUT2D eigenvalue weighted by Crippen LogP contribution is 2.19. The number of nitrogens with one attached hydrogen (secondary N) is 2. The van der Waals surface area contributed by atoms with Crippen molar-refractivity contribution in [2.75, 3.05) is 46.3 Å². The fourth-order valence-electron chi connectivity index (χ4n) is 3.45. The van der Waals surface area contributed by atoms with E-state index in [4.69, 9.17) is 4.42 Å². The fourth-order valence-corrected chi connectivity index (χ4v) is 3.45. The molecule has 1 aromatic carbocycles. The second kappa shape index (κ2) is 10.6. The van der Waals surface area contributed by atoms with E-state index in [1.807, 2.05) is 6.92 Å². The van der Waals surface area contributed by atoms with Crippen molar-refractivity contribution >= 4 is 5.96 Å². The predicted octanol–water partition coefficient (Wildman–Crippen LogP) is 1.99. The first-order valence-corrected chi connectivity index (χ1v) is 10.7. The van der Waals surface area contributed by atoms with E-state index in [1.54, 1.807) is 25.3 Å². The van der Waals surface area contributed by atoms with Gasteiger partial charge in [-0.05, 0) is 44.2 Å². The lowest BCUT2D eigenvalue weighted by molar-refractivity contribution is 0.0386. The Balaban J connectivity index is 1.52. The van der Waals surface area contributed by atoms with Gasteiger partial charge in [0.25, 0.3) is 0 Å². The van der Waals surface area contributed by atoms with E-state index in [-0.39, 0.29) is 0 Å². The van der Waals surface area contributed by atoms with Crippen LogP contribution in [-0.2, 0) is 18.7 Å². The number of piperazine rings is 1. The van der Waals surface area contributed by atoms with Crippen molar-refractivity contribution in [1.29, 1.82) is 0 Å². The van der Waals surface area contributed by atoms with Crippen molar-refractivity contribution in [3.63, 3.8) is 0 Å². The quantitative estimate of drug-likeness (QED) is 0.454. The highest BCUT2D eigenvalue weighted by molar-refractivity contribution is 5.79. The first-order chi connectivity index (χ1) is 14.5.